The number of rotatable bonds is 3. The van der Waals surface area contributed by atoms with Crippen LogP contribution in [0.15, 0.2) is 24.3 Å². The van der Waals surface area contributed by atoms with Crippen molar-refractivity contribution >= 4 is 16.6 Å². The molecule has 0 fully saturated rings. The van der Waals surface area contributed by atoms with Gasteiger partial charge in [0, 0.05) is 23.3 Å². The summed E-state index contributed by atoms with van der Waals surface area (Å²) in [5.41, 5.74) is 4.69. The first kappa shape index (κ1) is 11.9. The summed E-state index contributed by atoms with van der Waals surface area (Å²) in [7, 11) is 0. The number of nitrogens with one attached hydrogen (secondary N) is 1. The van der Waals surface area contributed by atoms with E-state index in [4.69, 9.17) is 0 Å². The van der Waals surface area contributed by atoms with E-state index in [0.717, 1.165) is 17.8 Å². The maximum atomic E-state index is 4.58. The maximum absolute atomic E-state index is 4.58. The molecule has 0 radical (unpaired) electrons. The molecule has 2 rings (SSSR count). The molecule has 1 N–H and O–H groups in total. The van der Waals surface area contributed by atoms with Crippen molar-refractivity contribution in [3.05, 3.63) is 35.5 Å². The van der Waals surface area contributed by atoms with Crippen molar-refractivity contribution in [1.82, 2.24) is 4.98 Å². The molecule has 17 heavy (non-hydrogen) atoms. The fourth-order valence-electron chi connectivity index (χ4n) is 2.07. The molecule has 1 aromatic heterocycles. The number of hydrogen-bond acceptors (Lipinski definition) is 2. The number of hydrogen-bond donors (Lipinski definition) is 1. The van der Waals surface area contributed by atoms with Crippen molar-refractivity contribution < 1.29 is 0 Å². The van der Waals surface area contributed by atoms with Crippen LogP contribution in [0.2, 0.25) is 0 Å². The zero-order chi connectivity index (χ0) is 12.4. The lowest BCUT2D eigenvalue weighted by Gasteiger charge is -2.12. The fraction of sp³-hybridized carbons (Fsp3) is 0.400. The number of aryl methyl sites for hydroxylation is 1. The van der Waals surface area contributed by atoms with Gasteiger partial charge in [-0.15, -0.1) is 0 Å². The third-order valence-corrected chi connectivity index (χ3v) is 2.99. The number of pyridine rings is 1. The van der Waals surface area contributed by atoms with Crippen molar-refractivity contribution in [2.24, 2.45) is 0 Å². The van der Waals surface area contributed by atoms with E-state index in [1.807, 2.05) is 6.92 Å². The summed E-state index contributed by atoms with van der Waals surface area (Å²) >= 11 is 0. The van der Waals surface area contributed by atoms with Gasteiger partial charge in [0.05, 0.1) is 5.52 Å². The smallest absolute Gasteiger partial charge is 0.0726 e. The molecule has 0 unspecified atom stereocenters. The van der Waals surface area contributed by atoms with Crippen molar-refractivity contribution in [3.8, 4) is 0 Å². The highest BCUT2D eigenvalue weighted by Gasteiger charge is 2.06. The van der Waals surface area contributed by atoms with E-state index in [-0.39, 0.29) is 0 Å². The quantitative estimate of drug-likeness (QED) is 0.855. The van der Waals surface area contributed by atoms with Gasteiger partial charge < -0.3 is 5.32 Å². The van der Waals surface area contributed by atoms with Crippen molar-refractivity contribution in [3.63, 3.8) is 0 Å². The lowest BCUT2D eigenvalue weighted by molar-refractivity contribution is 0.868. The molecule has 0 saturated heterocycles. The van der Waals surface area contributed by atoms with Gasteiger partial charge in [-0.3, -0.25) is 4.98 Å². The highest BCUT2D eigenvalue weighted by molar-refractivity contribution is 5.92. The minimum atomic E-state index is 0.551. The van der Waals surface area contributed by atoms with E-state index < -0.39 is 0 Å². The SMILES string of the molecule is CCNc1cc(C)nc2ccc(C(C)C)cc12. The molecule has 0 aliphatic rings. The number of anilines is 1. The Morgan fingerprint density at radius 2 is 2.00 bits per heavy atom. The Labute approximate surface area is 103 Å². The van der Waals surface area contributed by atoms with Crippen LogP contribution in [0.5, 0.6) is 0 Å². The van der Waals surface area contributed by atoms with Crippen molar-refractivity contribution in [2.45, 2.75) is 33.6 Å². The average Bonchev–Trinajstić information content (AvgIpc) is 2.28. The predicted octanol–water partition coefficient (Wildman–Crippen LogP) is 4.10. The molecule has 0 aliphatic heterocycles. The Bertz CT molecular complexity index is 530. The summed E-state index contributed by atoms with van der Waals surface area (Å²) in [5, 5.41) is 4.64. The summed E-state index contributed by atoms with van der Waals surface area (Å²) in [6.07, 6.45) is 0. The summed E-state index contributed by atoms with van der Waals surface area (Å²) < 4.78 is 0. The lowest BCUT2D eigenvalue weighted by Crippen LogP contribution is -2.00. The van der Waals surface area contributed by atoms with Gasteiger partial charge in [-0.25, -0.2) is 0 Å². The van der Waals surface area contributed by atoms with Crippen LogP contribution in [0.25, 0.3) is 10.9 Å². The van der Waals surface area contributed by atoms with E-state index in [2.05, 4.69) is 55.3 Å². The molecule has 90 valence electrons. The second kappa shape index (κ2) is 4.74. The molecule has 1 aromatic carbocycles. The van der Waals surface area contributed by atoms with E-state index in [1.165, 1.54) is 16.6 Å². The summed E-state index contributed by atoms with van der Waals surface area (Å²) in [6, 6.07) is 8.67. The molecule has 0 bridgehead atoms. The molecule has 1 heterocycles. The maximum Gasteiger partial charge on any atom is 0.0726 e. The Morgan fingerprint density at radius 3 is 2.65 bits per heavy atom. The minimum absolute atomic E-state index is 0.551. The Hall–Kier alpha value is -1.57. The summed E-state index contributed by atoms with van der Waals surface area (Å²) in [4.78, 5) is 4.58. The van der Waals surface area contributed by atoms with Gasteiger partial charge in [0.1, 0.15) is 0 Å². The number of benzene rings is 1. The van der Waals surface area contributed by atoms with Gasteiger partial charge >= 0.3 is 0 Å². The molecular weight excluding hydrogens is 208 g/mol. The van der Waals surface area contributed by atoms with Crippen LogP contribution >= 0.6 is 0 Å². The molecule has 2 heteroatoms. The first-order chi connectivity index (χ1) is 8.11. The zero-order valence-electron chi connectivity index (χ0n) is 11.0. The van der Waals surface area contributed by atoms with E-state index in [0.29, 0.717) is 5.92 Å². The lowest BCUT2D eigenvalue weighted by atomic mass is 10.0. The third kappa shape index (κ3) is 2.41. The monoisotopic (exact) mass is 228 g/mol. The van der Waals surface area contributed by atoms with E-state index >= 15 is 0 Å². The first-order valence-electron chi connectivity index (χ1n) is 6.27. The standard InChI is InChI=1S/C15H20N2/c1-5-16-15-8-11(4)17-14-7-6-12(10(2)3)9-13(14)15/h6-10H,5H2,1-4H3,(H,16,17). The van der Waals surface area contributed by atoms with Gasteiger partial charge in [0.2, 0.25) is 0 Å². The molecule has 0 atom stereocenters. The molecule has 0 spiro atoms. The number of fused-ring (bicyclic) bond motifs is 1. The van der Waals surface area contributed by atoms with E-state index in [1.54, 1.807) is 0 Å². The zero-order valence-corrected chi connectivity index (χ0v) is 11.0. The number of aromatic nitrogens is 1. The number of nitrogens with zero attached hydrogens (tertiary/aromatic N) is 1. The highest BCUT2D eigenvalue weighted by Crippen LogP contribution is 2.26. The second-order valence-corrected chi connectivity index (χ2v) is 4.77. The predicted molar refractivity (Wildman–Crippen MR) is 74.7 cm³/mol. The van der Waals surface area contributed by atoms with Crippen LogP contribution in [0, 0.1) is 6.92 Å². The van der Waals surface area contributed by atoms with Crippen LogP contribution < -0.4 is 5.32 Å². The van der Waals surface area contributed by atoms with E-state index in [9.17, 15) is 0 Å². The molecule has 0 saturated carbocycles. The van der Waals surface area contributed by atoms with Gasteiger partial charge in [0.15, 0.2) is 0 Å². The average molecular weight is 228 g/mol. The molecular formula is C15H20N2. The first-order valence-corrected chi connectivity index (χ1v) is 6.27. The highest BCUT2D eigenvalue weighted by atomic mass is 14.9. The summed E-state index contributed by atoms with van der Waals surface area (Å²) in [5.74, 6) is 0.551. The van der Waals surface area contributed by atoms with Gasteiger partial charge in [-0.1, -0.05) is 19.9 Å². The van der Waals surface area contributed by atoms with Crippen LogP contribution in [-0.4, -0.2) is 11.5 Å². The molecule has 0 amide bonds. The van der Waals surface area contributed by atoms with Crippen LogP contribution in [0.1, 0.15) is 37.9 Å². The minimum Gasteiger partial charge on any atom is -0.385 e. The third-order valence-electron chi connectivity index (χ3n) is 2.99. The van der Waals surface area contributed by atoms with Gasteiger partial charge in [0.25, 0.3) is 0 Å². The van der Waals surface area contributed by atoms with Crippen LogP contribution in [0.3, 0.4) is 0 Å². The van der Waals surface area contributed by atoms with Gasteiger partial charge in [-0.05, 0) is 43.5 Å². The van der Waals surface area contributed by atoms with Crippen molar-refractivity contribution in [1.29, 1.82) is 0 Å². The summed E-state index contributed by atoms with van der Waals surface area (Å²) in [6.45, 7) is 9.53. The van der Waals surface area contributed by atoms with Crippen LogP contribution in [0.4, 0.5) is 5.69 Å². The fourth-order valence-corrected chi connectivity index (χ4v) is 2.07. The van der Waals surface area contributed by atoms with Gasteiger partial charge in [-0.2, -0.15) is 0 Å². The largest absolute Gasteiger partial charge is 0.385 e. The Kier molecular flexibility index (Phi) is 3.32. The Balaban J connectivity index is 2.64. The molecule has 2 nitrogen and oxygen atoms in total. The van der Waals surface area contributed by atoms with Crippen molar-refractivity contribution in [2.75, 3.05) is 11.9 Å². The normalized spacial score (nSPS) is 11.1. The Morgan fingerprint density at radius 1 is 1.24 bits per heavy atom. The topological polar surface area (TPSA) is 24.9 Å². The second-order valence-electron chi connectivity index (χ2n) is 4.77. The van der Waals surface area contributed by atoms with Crippen LogP contribution in [-0.2, 0) is 0 Å². The molecule has 2 aromatic rings. The molecule has 0 aliphatic carbocycles.